The number of methoxy groups -OCH3 is 1. The Hall–Kier alpha value is -1.39. The summed E-state index contributed by atoms with van der Waals surface area (Å²) in [6.07, 6.45) is 0. The van der Waals surface area contributed by atoms with Gasteiger partial charge in [0.2, 0.25) is 0 Å². The number of rotatable bonds is 4. The Morgan fingerprint density at radius 2 is 2.25 bits per heavy atom. The zero-order valence-electron chi connectivity index (χ0n) is 9.38. The van der Waals surface area contributed by atoms with Crippen LogP contribution in [0.25, 0.3) is 0 Å². The van der Waals surface area contributed by atoms with Gasteiger partial charge in [-0.15, -0.1) is 0 Å². The van der Waals surface area contributed by atoms with Crippen molar-refractivity contribution in [3.05, 3.63) is 34.9 Å². The number of fused-ring (bicyclic) bond motifs is 1. The average Bonchev–Trinajstić information content (AvgIpc) is 2.76. The van der Waals surface area contributed by atoms with E-state index in [-0.39, 0.29) is 5.91 Å². The molecule has 0 aromatic heterocycles. The molecule has 1 amide bonds. The number of benzene rings is 1. The van der Waals surface area contributed by atoms with Crippen LogP contribution in [0.2, 0.25) is 0 Å². The third kappa shape index (κ3) is 2.40. The lowest BCUT2D eigenvalue weighted by molar-refractivity contribution is 0.0937. The van der Waals surface area contributed by atoms with E-state index in [0.29, 0.717) is 13.2 Å². The van der Waals surface area contributed by atoms with Crippen LogP contribution in [0.15, 0.2) is 18.2 Å². The highest BCUT2D eigenvalue weighted by atomic mass is 16.5. The van der Waals surface area contributed by atoms with Crippen molar-refractivity contribution in [1.82, 2.24) is 10.6 Å². The van der Waals surface area contributed by atoms with Crippen molar-refractivity contribution in [3.8, 4) is 0 Å². The van der Waals surface area contributed by atoms with Crippen LogP contribution in [0.4, 0.5) is 0 Å². The summed E-state index contributed by atoms with van der Waals surface area (Å²) >= 11 is 0. The minimum atomic E-state index is -0.0354. The second-order valence-electron chi connectivity index (χ2n) is 3.84. The van der Waals surface area contributed by atoms with E-state index >= 15 is 0 Å². The maximum Gasteiger partial charge on any atom is 0.251 e. The summed E-state index contributed by atoms with van der Waals surface area (Å²) in [6.45, 7) is 2.85. The molecule has 0 fully saturated rings. The molecule has 4 heteroatoms. The molecule has 0 radical (unpaired) electrons. The molecule has 0 saturated carbocycles. The minimum Gasteiger partial charge on any atom is -0.383 e. The Kier molecular flexibility index (Phi) is 3.54. The molecule has 1 aliphatic rings. The molecule has 86 valence electrons. The second-order valence-corrected chi connectivity index (χ2v) is 3.84. The van der Waals surface area contributed by atoms with Gasteiger partial charge < -0.3 is 15.4 Å². The molecule has 0 atom stereocenters. The van der Waals surface area contributed by atoms with Gasteiger partial charge in [-0.05, 0) is 23.3 Å². The largest absolute Gasteiger partial charge is 0.383 e. The van der Waals surface area contributed by atoms with Crippen LogP contribution in [0.1, 0.15) is 21.5 Å². The zero-order chi connectivity index (χ0) is 11.4. The molecule has 4 nitrogen and oxygen atoms in total. The lowest BCUT2D eigenvalue weighted by Crippen LogP contribution is -2.27. The molecular formula is C12H16N2O2. The number of carbonyl (C=O) groups is 1. The molecular weight excluding hydrogens is 204 g/mol. The summed E-state index contributed by atoms with van der Waals surface area (Å²) in [5.74, 6) is -0.0354. The van der Waals surface area contributed by atoms with E-state index in [4.69, 9.17) is 4.74 Å². The van der Waals surface area contributed by atoms with Gasteiger partial charge in [-0.3, -0.25) is 4.79 Å². The Morgan fingerprint density at radius 1 is 1.44 bits per heavy atom. The Morgan fingerprint density at radius 3 is 3.06 bits per heavy atom. The van der Waals surface area contributed by atoms with Gasteiger partial charge in [0.25, 0.3) is 5.91 Å². The van der Waals surface area contributed by atoms with Crippen LogP contribution < -0.4 is 10.6 Å². The van der Waals surface area contributed by atoms with Gasteiger partial charge in [-0.25, -0.2) is 0 Å². The summed E-state index contributed by atoms with van der Waals surface area (Å²) in [5, 5.41) is 6.06. The van der Waals surface area contributed by atoms with Gasteiger partial charge >= 0.3 is 0 Å². The summed E-state index contributed by atoms with van der Waals surface area (Å²) < 4.78 is 4.88. The third-order valence-corrected chi connectivity index (χ3v) is 2.69. The SMILES string of the molecule is COCCNC(=O)c1ccc2c(c1)CNC2. The quantitative estimate of drug-likeness (QED) is 0.733. The number of carbonyl (C=O) groups excluding carboxylic acids is 1. The van der Waals surface area contributed by atoms with Gasteiger partial charge in [0.15, 0.2) is 0 Å². The van der Waals surface area contributed by atoms with Crippen molar-refractivity contribution in [3.63, 3.8) is 0 Å². The molecule has 1 heterocycles. The molecule has 0 bridgehead atoms. The van der Waals surface area contributed by atoms with Crippen LogP contribution in [-0.2, 0) is 17.8 Å². The van der Waals surface area contributed by atoms with Crippen molar-refractivity contribution >= 4 is 5.91 Å². The average molecular weight is 220 g/mol. The maximum absolute atomic E-state index is 11.7. The van der Waals surface area contributed by atoms with Crippen LogP contribution in [0.5, 0.6) is 0 Å². The third-order valence-electron chi connectivity index (χ3n) is 2.69. The van der Waals surface area contributed by atoms with Gasteiger partial charge in [0, 0.05) is 32.3 Å². The minimum absolute atomic E-state index is 0.0354. The first-order valence-corrected chi connectivity index (χ1v) is 5.41. The van der Waals surface area contributed by atoms with Crippen molar-refractivity contribution in [2.45, 2.75) is 13.1 Å². The predicted octanol–water partition coefficient (Wildman–Crippen LogP) is 0.666. The summed E-state index contributed by atoms with van der Waals surface area (Å²) in [5.41, 5.74) is 3.23. The summed E-state index contributed by atoms with van der Waals surface area (Å²) in [7, 11) is 1.62. The van der Waals surface area contributed by atoms with Crippen molar-refractivity contribution in [1.29, 1.82) is 0 Å². The number of ether oxygens (including phenoxy) is 1. The Balaban J connectivity index is 2.01. The Labute approximate surface area is 95.0 Å². The smallest absolute Gasteiger partial charge is 0.251 e. The highest BCUT2D eigenvalue weighted by molar-refractivity contribution is 5.94. The van der Waals surface area contributed by atoms with Gasteiger partial charge in [-0.2, -0.15) is 0 Å². The molecule has 0 spiro atoms. The first kappa shape index (κ1) is 11.1. The fraction of sp³-hybridized carbons (Fsp3) is 0.417. The van der Waals surface area contributed by atoms with Gasteiger partial charge in [0.1, 0.15) is 0 Å². The van der Waals surface area contributed by atoms with E-state index < -0.39 is 0 Å². The fourth-order valence-corrected chi connectivity index (χ4v) is 1.80. The lowest BCUT2D eigenvalue weighted by Gasteiger charge is -2.06. The van der Waals surface area contributed by atoms with Gasteiger partial charge in [0.05, 0.1) is 6.61 Å². The van der Waals surface area contributed by atoms with Crippen LogP contribution >= 0.6 is 0 Å². The second kappa shape index (κ2) is 5.09. The summed E-state index contributed by atoms with van der Waals surface area (Å²) in [6, 6.07) is 5.84. The molecule has 0 unspecified atom stereocenters. The predicted molar refractivity (Wildman–Crippen MR) is 61.2 cm³/mol. The first-order chi connectivity index (χ1) is 7.81. The lowest BCUT2D eigenvalue weighted by atomic mass is 10.1. The number of nitrogens with one attached hydrogen (secondary N) is 2. The molecule has 0 aliphatic carbocycles. The standard InChI is InChI=1S/C12H16N2O2/c1-16-5-4-14-12(15)9-2-3-10-7-13-8-11(10)6-9/h2-3,6,13H,4-5,7-8H2,1H3,(H,14,15). The van der Waals surface area contributed by atoms with E-state index in [1.165, 1.54) is 11.1 Å². The van der Waals surface area contributed by atoms with E-state index in [9.17, 15) is 4.79 Å². The van der Waals surface area contributed by atoms with Crippen LogP contribution in [-0.4, -0.2) is 26.2 Å². The number of amides is 1. The molecule has 1 aromatic carbocycles. The normalized spacial score (nSPS) is 13.6. The van der Waals surface area contributed by atoms with Crippen LogP contribution in [0, 0.1) is 0 Å². The van der Waals surface area contributed by atoms with E-state index in [1.807, 2.05) is 18.2 Å². The molecule has 0 saturated heterocycles. The fourth-order valence-electron chi connectivity index (χ4n) is 1.80. The maximum atomic E-state index is 11.7. The molecule has 2 rings (SSSR count). The number of hydrogen-bond donors (Lipinski definition) is 2. The van der Waals surface area contributed by atoms with Crippen molar-refractivity contribution < 1.29 is 9.53 Å². The van der Waals surface area contributed by atoms with Crippen LogP contribution in [0.3, 0.4) is 0 Å². The van der Waals surface area contributed by atoms with E-state index in [1.54, 1.807) is 7.11 Å². The van der Waals surface area contributed by atoms with Crippen molar-refractivity contribution in [2.75, 3.05) is 20.3 Å². The highest BCUT2D eigenvalue weighted by Gasteiger charge is 2.12. The Bertz CT molecular complexity index is 391. The van der Waals surface area contributed by atoms with E-state index in [2.05, 4.69) is 10.6 Å². The molecule has 16 heavy (non-hydrogen) atoms. The monoisotopic (exact) mass is 220 g/mol. The molecule has 2 N–H and O–H groups in total. The zero-order valence-corrected chi connectivity index (χ0v) is 9.38. The summed E-state index contributed by atoms with van der Waals surface area (Å²) in [4.78, 5) is 11.7. The highest BCUT2D eigenvalue weighted by Crippen LogP contribution is 2.16. The topological polar surface area (TPSA) is 50.4 Å². The molecule has 1 aliphatic heterocycles. The number of hydrogen-bond acceptors (Lipinski definition) is 3. The first-order valence-electron chi connectivity index (χ1n) is 5.41. The van der Waals surface area contributed by atoms with Gasteiger partial charge in [-0.1, -0.05) is 6.07 Å². The van der Waals surface area contributed by atoms with E-state index in [0.717, 1.165) is 18.7 Å². The van der Waals surface area contributed by atoms with Crippen molar-refractivity contribution in [2.24, 2.45) is 0 Å². The molecule has 1 aromatic rings.